The number of nitrogens with zero attached hydrogens (tertiary/aromatic N) is 1. The van der Waals surface area contributed by atoms with Crippen molar-refractivity contribution in [1.29, 1.82) is 0 Å². The van der Waals surface area contributed by atoms with E-state index < -0.39 is 0 Å². The first-order chi connectivity index (χ1) is 11.7. The molecular weight excluding hydrogens is 308 g/mol. The SMILES string of the molecule is COc1ccc(C(=O)NN=Cc2coc3ccccc3c2=O)cc1. The van der Waals surface area contributed by atoms with Crippen molar-refractivity contribution in [2.75, 3.05) is 7.11 Å². The Morgan fingerprint density at radius 1 is 1.17 bits per heavy atom. The first kappa shape index (κ1) is 15.5. The normalized spacial score (nSPS) is 10.9. The summed E-state index contributed by atoms with van der Waals surface area (Å²) >= 11 is 0. The van der Waals surface area contributed by atoms with Gasteiger partial charge in [0.1, 0.15) is 17.6 Å². The van der Waals surface area contributed by atoms with Gasteiger partial charge in [-0.05, 0) is 36.4 Å². The van der Waals surface area contributed by atoms with E-state index in [1.165, 1.54) is 12.5 Å². The summed E-state index contributed by atoms with van der Waals surface area (Å²) in [6.45, 7) is 0. The molecule has 1 aromatic heterocycles. The highest BCUT2D eigenvalue weighted by Gasteiger charge is 2.06. The van der Waals surface area contributed by atoms with Crippen LogP contribution in [0.3, 0.4) is 0 Å². The van der Waals surface area contributed by atoms with Crippen LogP contribution in [0.5, 0.6) is 5.75 Å². The molecule has 24 heavy (non-hydrogen) atoms. The van der Waals surface area contributed by atoms with Crippen molar-refractivity contribution in [3.8, 4) is 5.75 Å². The smallest absolute Gasteiger partial charge is 0.271 e. The van der Waals surface area contributed by atoms with Crippen LogP contribution < -0.4 is 15.6 Å². The minimum atomic E-state index is -0.390. The molecule has 0 saturated heterocycles. The minimum Gasteiger partial charge on any atom is -0.497 e. The van der Waals surface area contributed by atoms with Gasteiger partial charge in [0.2, 0.25) is 5.43 Å². The fraction of sp³-hybridized carbons (Fsp3) is 0.0556. The van der Waals surface area contributed by atoms with E-state index in [2.05, 4.69) is 10.5 Å². The van der Waals surface area contributed by atoms with Crippen molar-refractivity contribution in [2.45, 2.75) is 0 Å². The number of fused-ring (bicyclic) bond motifs is 1. The Hall–Kier alpha value is -3.41. The second-order valence-electron chi connectivity index (χ2n) is 4.94. The van der Waals surface area contributed by atoms with Gasteiger partial charge in [-0.15, -0.1) is 0 Å². The molecule has 3 aromatic rings. The zero-order chi connectivity index (χ0) is 16.9. The molecule has 0 saturated carbocycles. The maximum absolute atomic E-state index is 12.3. The van der Waals surface area contributed by atoms with Crippen LogP contribution in [0.1, 0.15) is 15.9 Å². The van der Waals surface area contributed by atoms with Gasteiger partial charge in [0.05, 0.1) is 24.3 Å². The van der Waals surface area contributed by atoms with E-state index in [1.807, 2.05) is 0 Å². The number of carbonyl (C=O) groups is 1. The third kappa shape index (κ3) is 3.17. The van der Waals surface area contributed by atoms with Gasteiger partial charge in [0, 0.05) is 5.56 Å². The number of benzene rings is 2. The van der Waals surface area contributed by atoms with Crippen LogP contribution in [0.25, 0.3) is 11.0 Å². The minimum absolute atomic E-state index is 0.209. The highest BCUT2D eigenvalue weighted by molar-refractivity contribution is 5.95. The number of hydrogen-bond donors (Lipinski definition) is 1. The first-order valence-electron chi connectivity index (χ1n) is 7.17. The molecule has 0 aliphatic heterocycles. The average molecular weight is 322 g/mol. The van der Waals surface area contributed by atoms with Gasteiger partial charge in [-0.3, -0.25) is 9.59 Å². The lowest BCUT2D eigenvalue weighted by atomic mass is 10.2. The number of rotatable bonds is 4. The zero-order valence-corrected chi connectivity index (χ0v) is 12.9. The number of para-hydroxylation sites is 1. The Balaban J connectivity index is 1.75. The van der Waals surface area contributed by atoms with Gasteiger partial charge in [-0.25, -0.2) is 5.43 Å². The van der Waals surface area contributed by atoms with Gasteiger partial charge in [-0.1, -0.05) is 12.1 Å². The topological polar surface area (TPSA) is 80.9 Å². The molecule has 2 aromatic carbocycles. The summed E-state index contributed by atoms with van der Waals surface area (Å²) in [4.78, 5) is 24.2. The summed E-state index contributed by atoms with van der Waals surface area (Å²) in [6, 6.07) is 13.5. The summed E-state index contributed by atoms with van der Waals surface area (Å²) in [5.41, 5.74) is 3.34. The predicted octanol–water partition coefficient (Wildman–Crippen LogP) is 2.57. The van der Waals surface area contributed by atoms with Gasteiger partial charge in [-0.2, -0.15) is 5.10 Å². The van der Waals surface area contributed by atoms with Crippen molar-refractivity contribution in [2.24, 2.45) is 5.10 Å². The third-order valence-corrected chi connectivity index (χ3v) is 3.43. The standard InChI is InChI=1S/C18H14N2O4/c1-23-14-8-6-12(7-9-14)18(22)20-19-10-13-11-24-16-5-3-2-4-15(16)17(13)21/h2-11H,1H3,(H,20,22). The third-order valence-electron chi connectivity index (χ3n) is 3.43. The second kappa shape index (κ2) is 6.78. The number of methoxy groups -OCH3 is 1. The van der Waals surface area contributed by atoms with Crippen LogP contribution in [0, 0.1) is 0 Å². The summed E-state index contributed by atoms with van der Waals surface area (Å²) in [7, 11) is 1.55. The monoisotopic (exact) mass is 322 g/mol. The van der Waals surface area contributed by atoms with Crippen LogP contribution in [-0.2, 0) is 0 Å². The Kier molecular flexibility index (Phi) is 4.38. The van der Waals surface area contributed by atoms with Crippen molar-refractivity contribution in [3.05, 3.63) is 76.1 Å². The molecule has 120 valence electrons. The van der Waals surface area contributed by atoms with Crippen LogP contribution >= 0.6 is 0 Å². The van der Waals surface area contributed by atoms with E-state index in [1.54, 1.807) is 55.6 Å². The maximum atomic E-state index is 12.3. The molecule has 1 N–H and O–H groups in total. The fourth-order valence-electron chi connectivity index (χ4n) is 2.15. The maximum Gasteiger partial charge on any atom is 0.271 e. The predicted molar refractivity (Wildman–Crippen MR) is 90.5 cm³/mol. The Labute approximate surface area is 137 Å². The summed E-state index contributed by atoms with van der Waals surface area (Å²) in [5, 5.41) is 4.27. The fourth-order valence-corrected chi connectivity index (χ4v) is 2.15. The largest absolute Gasteiger partial charge is 0.497 e. The Bertz CT molecular complexity index is 959. The summed E-state index contributed by atoms with van der Waals surface area (Å²) < 4.78 is 10.4. The van der Waals surface area contributed by atoms with Crippen molar-refractivity contribution >= 4 is 23.1 Å². The number of nitrogens with one attached hydrogen (secondary N) is 1. The summed E-state index contributed by atoms with van der Waals surface area (Å²) in [5.74, 6) is 0.267. The van der Waals surface area contributed by atoms with Crippen molar-refractivity contribution < 1.29 is 13.9 Å². The quantitative estimate of drug-likeness (QED) is 0.591. The Morgan fingerprint density at radius 2 is 1.92 bits per heavy atom. The molecule has 0 fully saturated rings. The van der Waals surface area contributed by atoms with E-state index >= 15 is 0 Å². The lowest BCUT2D eigenvalue weighted by Crippen LogP contribution is -2.18. The highest BCUT2D eigenvalue weighted by Crippen LogP contribution is 2.11. The van der Waals surface area contributed by atoms with Crippen molar-refractivity contribution in [1.82, 2.24) is 5.43 Å². The van der Waals surface area contributed by atoms with Gasteiger partial charge in [0.15, 0.2) is 0 Å². The van der Waals surface area contributed by atoms with E-state index in [-0.39, 0.29) is 16.9 Å². The van der Waals surface area contributed by atoms with Crippen LogP contribution in [0.15, 0.2) is 69.1 Å². The van der Waals surface area contributed by atoms with Crippen LogP contribution in [0.2, 0.25) is 0 Å². The molecule has 0 spiro atoms. The molecule has 1 heterocycles. The molecule has 0 aliphatic carbocycles. The van der Waals surface area contributed by atoms with Crippen LogP contribution in [-0.4, -0.2) is 19.2 Å². The number of hydrogen-bond acceptors (Lipinski definition) is 5. The van der Waals surface area contributed by atoms with Crippen LogP contribution in [0.4, 0.5) is 0 Å². The molecule has 6 heteroatoms. The van der Waals surface area contributed by atoms with Gasteiger partial charge >= 0.3 is 0 Å². The molecule has 0 unspecified atom stereocenters. The Morgan fingerprint density at radius 3 is 2.67 bits per heavy atom. The second-order valence-corrected chi connectivity index (χ2v) is 4.94. The van der Waals surface area contributed by atoms with E-state index in [9.17, 15) is 9.59 Å². The molecule has 0 radical (unpaired) electrons. The van der Waals surface area contributed by atoms with E-state index in [4.69, 9.17) is 9.15 Å². The highest BCUT2D eigenvalue weighted by atomic mass is 16.5. The number of amides is 1. The summed E-state index contributed by atoms with van der Waals surface area (Å²) in [6.07, 6.45) is 2.58. The first-order valence-corrected chi connectivity index (χ1v) is 7.17. The van der Waals surface area contributed by atoms with Gasteiger partial charge in [0.25, 0.3) is 5.91 Å². The number of ether oxygens (including phenoxy) is 1. The molecule has 0 atom stereocenters. The number of hydrazone groups is 1. The van der Waals surface area contributed by atoms with E-state index in [0.29, 0.717) is 22.3 Å². The molecular formula is C18H14N2O4. The number of carbonyl (C=O) groups excluding carboxylic acids is 1. The zero-order valence-electron chi connectivity index (χ0n) is 12.9. The van der Waals surface area contributed by atoms with Gasteiger partial charge < -0.3 is 9.15 Å². The molecule has 6 nitrogen and oxygen atoms in total. The lowest BCUT2D eigenvalue weighted by Gasteiger charge is -2.02. The molecule has 3 rings (SSSR count). The molecule has 0 aliphatic rings. The van der Waals surface area contributed by atoms with E-state index in [0.717, 1.165) is 0 Å². The molecule has 1 amide bonds. The van der Waals surface area contributed by atoms with Crippen molar-refractivity contribution in [3.63, 3.8) is 0 Å². The lowest BCUT2D eigenvalue weighted by molar-refractivity contribution is 0.0955. The average Bonchev–Trinajstić information content (AvgIpc) is 2.64. The molecule has 0 bridgehead atoms.